The molecule has 0 bridgehead atoms. The zero-order valence-electron chi connectivity index (χ0n) is 14.5. The van der Waals surface area contributed by atoms with E-state index in [0.717, 1.165) is 63.4 Å². The van der Waals surface area contributed by atoms with Crippen molar-refractivity contribution in [2.75, 3.05) is 26.2 Å². The summed E-state index contributed by atoms with van der Waals surface area (Å²) in [5, 5.41) is 11.0. The molecular weight excluding hydrogens is 304 g/mol. The first-order valence-electron chi connectivity index (χ1n) is 9.27. The molecule has 0 aromatic carbocycles. The van der Waals surface area contributed by atoms with Crippen LogP contribution >= 0.6 is 0 Å². The van der Waals surface area contributed by atoms with Gasteiger partial charge < -0.3 is 15.0 Å². The minimum absolute atomic E-state index is 0.153. The lowest BCUT2D eigenvalue weighted by Crippen LogP contribution is -2.61. The van der Waals surface area contributed by atoms with E-state index in [1.807, 2.05) is 18.0 Å². The van der Waals surface area contributed by atoms with E-state index in [0.29, 0.717) is 12.5 Å². The summed E-state index contributed by atoms with van der Waals surface area (Å²) < 4.78 is 0. The molecule has 0 spiro atoms. The molecule has 6 nitrogen and oxygen atoms in total. The second-order valence-corrected chi connectivity index (χ2v) is 7.96. The topological polar surface area (TPSA) is 72.5 Å². The van der Waals surface area contributed by atoms with Crippen molar-refractivity contribution >= 4 is 5.91 Å². The van der Waals surface area contributed by atoms with Crippen LogP contribution in [-0.2, 0) is 11.3 Å². The van der Waals surface area contributed by atoms with Gasteiger partial charge in [0.25, 0.3) is 0 Å². The molecule has 2 atom stereocenters. The number of hydrogen-bond acceptors (Lipinski definition) is 4. The van der Waals surface area contributed by atoms with Crippen LogP contribution in [0, 0.1) is 18.8 Å². The zero-order chi connectivity index (χ0) is 16.7. The first kappa shape index (κ1) is 16.1. The number of carbonyl (C=O) groups is 1. The molecule has 132 valence electrons. The Morgan fingerprint density at radius 3 is 2.83 bits per heavy atom. The fourth-order valence-electron chi connectivity index (χ4n) is 4.39. The van der Waals surface area contributed by atoms with Gasteiger partial charge in [-0.05, 0) is 32.6 Å². The lowest BCUT2D eigenvalue weighted by Gasteiger charge is -2.50. The summed E-state index contributed by atoms with van der Waals surface area (Å²) in [6, 6.07) is 0. The standard InChI is InChI=1S/C18H28N4O2/c1-13-9-19-16(20-13)12-21-7-5-18(24)6-8-22(11-15(18)10-21)17(23)14-3-2-4-14/h9,14-15,24H,2-8,10-12H2,1H3,(H,19,20)/t15-,18-/m1/s1. The molecule has 3 fully saturated rings. The molecule has 1 aliphatic carbocycles. The molecule has 1 aromatic rings. The summed E-state index contributed by atoms with van der Waals surface area (Å²) in [7, 11) is 0. The van der Waals surface area contributed by atoms with Gasteiger partial charge in [0.15, 0.2) is 0 Å². The van der Waals surface area contributed by atoms with E-state index >= 15 is 0 Å². The number of nitrogens with one attached hydrogen (secondary N) is 1. The number of aromatic amines is 1. The van der Waals surface area contributed by atoms with E-state index in [1.54, 1.807) is 0 Å². The highest BCUT2D eigenvalue weighted by molar-refractivity contribution is 5.79. The predicted octanol–water partition coefficient (Wildman–Crippen LogP) is 1.30. The third-order valence-corrected chi connectivity index (χ3v) is 6.25. The lowest BCUT2D eigenvalue weighted by molar-refractivity contribution is -0.153. The number of aliphatic hydroxyl groups is 1. The number of fused-ring (bicyclic) bond motifs is 1. The van der Waals surface area contributed by atoms with Gasteiger partial charge in [0.1, 0.15) is 5.82 Å². The number of imidazole rings is 1. The summed E-state index contributed by atoms with van der Waals surface area (Å²) >= 11 is 0. The van der Waals surface area contributed by atoms with Crippen molar-refractivity contribution in [2.24, 2.45) is 11.8 Å². The van der Waals surface area contributed by atoms with Crippen LogP contribution in [0.1, 0.15) is 43.6 Å². The van der Waals surface area contributed by atoms with Crippen LogP contribution in [0.5, 0.6) is 0 Å². The van der Waals surface area contributed by atoms with Crippen molar-refractivity contribution in [1.82, 2.24) is 19.8 Å². The van der Waals surface area contributed by atoms with Gasteiger partial charge >= 0.3 is 0 Å². The zero-order valence-corrected chi connectivity index (χ0v) is 14.5. The first-order valence-corrected chi connectivity index (χ1v) is 9.27. The average Bonchev–Trinajstić information content (AvgIpc) is 2.90. The molecule has 0 radical (unpaired) electrons. The normalized spacial score (nSPS) is 31.6. The number of piperidine rings is 2. The molecule has 1 amide bonds. The Labute approximate surface area is 143 Å². The number of amides is 1. The largest absolute Gasteiger partial charge is 0.389 e. The van der Waals surface area contributed by atoms with Gasteiger partial charge in [-0.25, -0.2) is 4.98 Å². The molecule has 1 saturated carbocycles. The maximum absolute atomic E-state index is 12.6. The first-order chi connectivity index (χ1) is 11.5. The Hall–Kier alpha value is -1.40. The average molecular weight is 332 g/mol. The molecule has 0 unspecified atom stereocenters. The summed E-state index contributed by atoms with van der Waals surface area (Å²) in [5.74, 6) is 1.71. The molecule has 2 saturated heterocycles. The Kier molecular flexibility index (Phi) is 4.12. The number of hydrogen-bond donors (Lipinski definition) is 2. The van der Waals surface area contributed by atoms with Crippen molar-refractivity contribution in [2.45, 2.75) is 51.2 Å². The van der Waals surface area contributed by atoms with Gasteiger partial charge in [0.2, 0.25) is 5.91 Å². The van der Waals surface area contributed by atoms with Gasteiger partial charge in [-0.3, -0.25) is 9.69 Å². The third kappa shape index (κ3) is 2.97. The van der Waals surface area contributed by atoms with Gasteiger partial charge in [-0.2, -0.15) is 0 Å². The summed E-state index contributed by atoms with van der Waals surface area (Å²) in [4.78, 5) is 24.6. The smallest absolute Gasteiger partial charge is 0.225 e. The Balaban J connectivity index is 1.40. The van der Waals surface area contributed by atoms with Gasteiger partial charge in [0, 0.05) is 49.9 Å². The SMILES string of the molecule is Cc1cnc(CN2CC[C@@]3(O)CCN(C(=O)C4CCC4)C[C@H]3C2)[nH]1. The van der Waals surface area contributed by atoms with Crippen molar-refractivity contribution < 1.29 is 9.90 Å². The van der Waals surface area contributed by atoms with E-state index in [1.165, 1.54) is 6.42 Å². The molecule has 6 heteroatoms. The van der Waals surface area contributed by atoms with Gasteiger partial charge in [0.05, 0.1) is 12.1 Å². The minimum Gasteiger partial charge on any atom is -0.389 e. The van der Waals surface area contributed by atoms with Crippen LogP contribution in [0.2, 0.25) is 0 Å². The fourth-order valence-corrected chi connectivity index (χ4v) is 4.39. The van der Waals surface area contributed by atoms with Gasteiger partial charge in [-0.15, -0.1) is 0 Å². The summed E-state index contributed by atoms with van der Waals surface area (Å²) in [5.41, 5.74) is 0.486. The van der Waals surface area contributed by atoms with Crippen LogP contribution in [0.3, 0.4) is 0 Å². The van der Waals surface area contributed by atoms with Crippen molar-refractivity contribution in [3.05, 3.63) is 17.7 Å². The van der Waals surface area contributed by atoms with Gasteiger partial charge in [-0.1, -0.05) is 6.42 Å². The quantitative estimate of drug-likeness (QED) is 0.875. The van der Waals surface area contributed by atoms with Crippen molar-refractivity contribution in [3.63, 3.8) is 0 Å². The maximum atomic E-state index is 12.6. The number of aromatic nitrogens is 2. The number of aryl methyl sites for hydroxylation is 1. The van der Waals surface area contributed by atoms with E-state index < -0.39 is 5.60 Å². The van der Waals surface area contributed by atoms with E-state index in [-0.39, 0.29) is 11.8 Å². The van der Waals surface area contributed by atoms with Crippen LogP contribution < -0.4 is 0 Å². The molecule has 4 rings (SSSR count). The molecule has 1 aromatic heterocycles. The molecule has 2 N–H and O–H groups in total. The number of rotatable bonds is 3. The Bertz CT molecular complexity index is 612. The summed E-state index contributed by atoms with van der Waals surface area (Å²) in [6.07, 6.45) is 6.67. The van der Waals surface area contributed by atoms with E-state index in [4.69, 9.17) is 0 Å². The number of H-pyrrole nitrogens is 1. The van der Waals surface area contributed by atoms with Crippen molar-refractivity contribution in [3.8, 4) is 0 Å². The van der Waals surface area contributed by atoms with Crippen LogP contribution in [0.25, 0.3) is 0 Å². The van der Waals surface area contributed by atoms with Crippen molar-refractivity contribution in [1.29, 1.82) is 0 Å². The lowest BCUT2D eigenvalue weighted by atomic mass is 9.75. The number of likely N-dealkylation sites (tertiary alicyclic amines) is 2. The number of carbonyl (C=O) groups excluding carboxylic acids is 1. The highest BCUT2D eigenvalue weighted by Gasteiger charge is 2.46. The van der Waals surface area contributed by atoms with E-state index in [2.05, 4.69) is 14.9 Å². The van der Waals surface area contributed by atoms with Crippen LogP contribution in [-0.4, -0.2) is 62.6 Å². The minimum atomic E-state index is -0.591. The predicted molar refractivity (Wildman–Crippen MR) is 90.2 cm³/mol. The Morgan fingerprint density at radius 1 is 1.38 bits per heavy atom. The molecule has 3 heterocycles. The molecule has 3 aliphatic rings. The highest BCUT2D eigenvalue weighted by atomic mass is 16.3. The van der Waals surface area contributed by atoms with E-state index in [9.17, 15) is 9.90 Å². The Morgan fingerprint density at radius 2 is 2.17 bits per heavy atom. The van der Waals surface area contributed by atoms with Crippen LogP contribution in [0.4, 0.5) is 0 Å². The monoisotopic (exact) mass is 332 g/mol. The maximum Gasteiger partial charge on any atom is 0.225 e. The highest BCUT2D eigenvalue weighted by Crippen LogP contribution is 2.37. The molecule has 2 aliphatic heterocycles. The second kappa shape index (κ2) is 6.15. The number of nitrogens with zero attached hydrogens (tertiary/aromatic N) is 3. The molecular formula is C18H28N4O2. The molecule has 24 heavy (non-hydrogen) atoms. The third-order valence-electron chi connectivity index (χ3n) is 6.25. The summed E-state index contributed by atoms with van der Waals surface area (Å²) in [6.45, 7) is 5.96. The van der Waals surface area contributed by atoms with Crippen LogP contribution in [0.15, 0.2) is 6.20 Å². The fraction of sp³-hybridized carbons (Fsp3) is 0.778. The second-order valence-electron chi connectivity index (χ2n) is 7.96.